The first kappa shape index (κ1) is 12.2. The molecule has 86 valence electrons. The summed E-state index contributed by atoms with van der Waals surface area (Å²) in [7, 11) is 0. The maximum Gasteiger partial charge on any atom is 0.242 e. The van der Waals surface area contributed by atoms with E-state index in [2.05, 4.69) is 10.9 Å². The quantitative estimate of drug-likeness (QED) is 0.747. The first-order valence-electron chi connectivity index (χ1n) is 5.22. The van der Waals surface area contributed by atoms with Gasteiger partial charge in [-0.2, -0.15) is 0 Å². The van der Waals surface area contributed by atoms with Crippen molar-refractivity contribution in [1.29, 1.82) is 0 Å². The smallest absolute Gasteiger partial charge is 0.242 e. The van der Waals surface area contributed by atoms with Gasteiger partial charge in [0.2, 0.25) is 11.8 Å². The first-order valence-corrected chi connectivity index (χ1v) is 5.22. The second-order valence-corrected chi connectivity index (χ2v) is 3.85. The Morgan fingerprint density at radius 3 is 2.31 bits per heavy atom. The van der Waals surface area contributed by atoms with Gasteiger partial charge in [-0.05, 0) is 5.56 Å². The van der Waals surface area contributed by atoms with Gasteiger partial charge in [0.25, 0.3) is 0 Å². The molecule has 0 heterocycles. The summed E-state index contributed by atoms with van der Waals surface area (Å²) in [6, 6.07) is 9.36. The average Bonchev–Trinajstić information content (AvgIpc) is 2.27. The molecule has 4 nitrogen and oxygen atoms in total. The Balaban J connectivity index is 2.35. The minimum absolute atomic E-state index is 0.142. The van der Waals surface area contributed by atoms with Crippen molar-refractivity contribution in [3.63, 3.8) is 0 Å². The Morgan fingerprint density at radius 1 is 1.12 bits per heavy atom. The second kappa shape index (κ2) is 5.90. The molecule has 0 saturated heterocycles. The zero-order valence-electron chi connectivity index (χ0n) is 9.49. The third-order valence-corrected chi connectivity index (χ3v) is 2.06. The highest BCUT2D eigenvalue weighted by molar-refractivity contribution is 5.83. The number of rotatable bonds is 3. The van der Waals surface area contributed by atoms with Crippen LogP contribution in [0.3, 0.4) is 0 Å². The molecule has 0 fully saturated rings. The Labute approximate surface area is 95.0 Å². The van der Waals surface area contributed by atoms with Crippen LogP contribution in [0.15, 0.2) is 30.3 Å². The highest BCUT2D eigenvalue weighted by Gasteiger charge is 2.08. The molecule has 1 aromatic carbocycles. The van der Waals surface area contributed by atoms with Gasteiger partial charge in [-0.15, -0.1) is 0 Å². The largest absolute Gasteiger partial charge is 0.273 e. The van der Waals surface area contributed by atoms with Gasteiger partial charge in [0.05, 0.1) is 6.42 Å². The maximum atomic E-state index is 11.4. The molecule has 16 heavy (non-hydrogen) atoms. The zero-order chi connectivity index (χ0) is 12.0. The fourth-order valence-electron chi connectivity index (χ4n) is 1.10. The van der Waals surface area contributed by atoms with Gasteiger partial charge >= 0.3 is 0 Å². The Bertz CT molecular complexity index is 361. The first-order chi connectivity index (χ1) is 7.59. The lowest BCUT2D eigenvalue weighted by Gasteiger charge is -2.08. The molecule has 2 N–H and O–H groups in total. The minimum atomic E-state index is -0.222. The summed E-state index contributed by atoms with van der Waals surface area (Å²) in [6.45, 7) is 3.53. The van der Waals surface area contributed by atoms with Crippen molar-refractivity contribution >= 4 is 11.8 Å². The lowest BCUT2D eigenvalue weighted by Crippen LogP contribution is -2.44. The molecule has 0 aliphatic carbocycles. The minimum Gasteiger partial charge on any atom is -0.273 e. The molecule has 0 bridgehead atoms. The number of nitrogens with one attached hydrogen (secondary N) is 2. The van der Waals surface area contributed by atoms with E-state index in [4.69, 9.17) is 0 Å². The van der Waals surface area contributed by atoms with E-state index in [1.165, 1.54) is 0 Å². The van der Waals surface area contributed by atoms with Crippen LogP contribution in [-0.2, 0) is 16.0 Å². The number of carbonyl (C=O) groups is 2. The zero-order valence-corrected chi connectivity index (χ0v) is 9.49. The SMILES string of the molecule is CC(C)C(=O)NNC(=O)Cc1ccccc1. The van der Waals surface area contributed by atoms with Gasteiger partial charge in [-0.1, -0.05) is 44.2 Å². The molecule has 1 aromatic rings. The summed E-state index contributed by atoms with van der Waals surface area (Å²) in [6.07, 6.45) is 0.263. The van der Waals surface area contributed by atoms with Crippen LogP contribution >= 0.6 is 0 Å². The molecular formula is C12H16N2O2. The van der Waals surface area contributed by atoms with Gasteiger partial charge in [-0.25, -0.2) is 0 Å². The molecule has 4 heteroatoms. The predicted octanol–water partition coefficient (Wildman–Crippen LogP) is 1.03. The third kappa shape index (κ3) is 4.13. The fraction of sp³-hybridized carbons (Fsp3) is 0.333. The molecule has 0 atom stereocenters. The number of hydrogen-bond donors (Lipinski definition) is 2. The average molecular weight is 220 g/mol. The van der Waals surface area contributed by atoms with E-state index in [1.807, 2.05) is 30.3 Å². The van der Waals surface area contributed by atoms with Crippen LogP contribution in [-0.4, -0.2) is 11.8 Å². The van der Waals surface area contributed by atoms with E-state index in [0.717, 1.165) is 5.56 Å². The lowest BCUT2D eigenvalue weighted by atomic mass is 10.1. The third-order valence-electron chi connectivity index (χ3n) is 2.06. The topological polar surface area (TPSA) is 58.2 Å². The number of carbonyl (C=O) groups excluding carboxylic acids is 2. The summed E-state index contributed by atoms with van der Waals surface area (Å²) in [5, 5.41) is 0. The fourth-order valence-corrected chi connectivity index (χ4v) is 1.10. The van der Waals surface area contributed by atoms with Crippen LogP contribution in [0.1, 0.15) is 19.4 Å². The van der Waals surface area contributed by atoms with Crippen LogP contribution < -0.4 is 10.9 Å². The molecular weight excluding hydrogens is 204 g/mol. The predicted molar refractivity (Wildman–Crippen MR) is 61.3 cm³/mol. The number of benzene rings is 1. The molecule has 0 saturated carbocycles. The monoisotopic (exact) mass is 220 g/mol. The van der Waals surface area contributed by atoms with Gasteiger partial charge < -0.3 is 0 Å². The van der Waals surface area contributed by atoms with E-state index in [-0.39, 0.29) is 24.2 Å². The Hall–Kier alpha value is -1.84. The van der Waals surface area contributed by atoms with E-state index >= 15 is 0 Å². The van der Waals surface area contributed by atoms with Crippen molar-refractivity contribution in [1.82, 2.24) is 10.9 Å². The molecule has 0 aliphatic rings. The van der Waals surface area contributed by atoms with Crippen LogP contribution in [0, 0.1) is 5.92 Å². The van der Waals surface area contributed by atoms with Gasteiger partial charge in [0.1, 0.15) is 0 Å². The summed E-state index contributed by atoms with van der Waals surface area (Å²) in [5.74, 6) is -0.557. The van der Waals surface area contributed by atoms with Crippen molar-refractivity contribution in [2.45, 2.75) is 20.3 Å². The van der Waals surface area contributed by atoms with Crippen LogP contribution in [0.4, 0.5) is 0 Å². The molecule has 0 spiro atoms. The summed E-state index contributed by atoms with van der Waals surface area (Å²) >= 11 is 0. The highest BCUT2D eigenvalue weighted by atomic mass is 16.2. The van der Waals surface area contributed by atoms with Crippen LogP contribution in [0.2, 0.25) is 0 Å². The van der Waals surface area contributed by atoms with Gasteiger partial charge in [0, 0.05) is 5.92 Å². The van der Waals surface area contributed by atoms with E-state index < -0.39 is 0 Å². The number of hydrogen-bond acceptors (Lipinski definition) is 2. The Morgan fingerprint density at radius 2 is 1.75 bits per heavy atom. The number of hydrazine groups is 1. The molecule has 0 unspecified atom stereocenters. The molecule has 0 aliphatic heterocycles. The van der Waals surface area contributed by atoms with Crippen LogP contribution in [0.5, 0.6) is 0 Å². The molecule has 2 amide bonds. The van der Waals surface area contributed by atoms with Gasteiger partial charge in [0.15, 0.2) is 0 Å². The van der Waals surface area contributed by atoms with Crippen molar-refractivity contribution in [3.05, 3.63) is 35.9 Å². The summed E-state index contributed by atoms with van der Waals surface area (Å²) < 4.78 is 0. The molecule has 0 aromatic heterocycles. The van der Waals surface area contributed by atoms with E-state index in [9.17, 15) is 9.59 Å². The molecule has 1 rings (SSSR count). The normalized spacial score (nSPS) is 9.94. The van der Waals surface area contributed by atoms with Crippen molar-refractivity contribution in [2.24, 2.45) is 5.92 Å². The van der Waals surface area contributed by atoms with E-state index in [1.54, 1.807) is 13.8 Å². The molecule has 0 radical (unpaired) electrons. The summed E-state index contributed by atoms with van der Waals surface area (Å²) in [5.41, 5.74) is 5.65. The van der Waals surface area contributed by atoms with Crippen molar-refractivity contribution < 1.29 is 9.59 Å². The van der Waals surface area contributed by atoms with E-state index in [0.29, 0.717) is 0 Å². The van der Waals surface area contributed by atoms with Crippen molar-refractivity contribution in [2.75, 3.05) is 0 Å². The number of amides is 2. The lowest BCUT2D eigenvalue weighted by molar-refractivity contribution is -0.130. The highest BCUT2D eigenvalue weighted by Crippen LogP contribution is 1.98. The van der Waals surface area contributed by atoms with Crippen molar-refractivity contribution in [3.8, 4) is 0 Å². The Kier molecular flexibility index (Phi) is 4.51. The summed E-state index contributed by atoms with van der Waals surface area (Å²) in [4.78, 5) is 22.6. The maximum absolute atomic E-state index is 11.4. The second-order valence-electron chi connectivity index (χ2n) is 3.85. The van der Waals surface area contributed by atoms with Crippen LogP contribution in [0.25, 0.3) is 0 Å². The standard InChI is InChI=1S/C12H16N2O2/c1-9(2)12(16)14-13-11(15)8-10-6-4-3-5-7-10/h3-7,9H,8H2,1-2H3,(H,13,15)(H,14,16). The van der Waals surface area contributed by atoms with Gasteiger partial charge in [-0.3, -0.25) is 20.4 Å².